The first kappa shape index (κ1) is 17.9. The number of ether oxygens (including phenoxy) is 2. The van der Waals surface area contributed by atoms with Gasteiger partial charge < -0.3 is 30.1 Å². The van der Waals surface area contributed by atoms with Crippen LogP contribution in [0.15, 0.2) is 24.3 Å². The minimum atomic E-state index is -1.24. The molecular weight excluding hydrogens is 322 g/mol. The summed E-state index contributed by atoms with van der Waals surface area (Å²) in [6.45, 7) is 1.02. The Balaban J connectivity index is 2.17. The molecule has 1 saturated heterocycles. The number of carbonyl (C=O) groups excluding carboxylic acids is 1. The average Bonchev–Trinajstić information content (AvgIpc) is 2.54. The van der Waals surface area contributed by atoms with E-state index in [9.17, 15) is 20.1 Å². The molecule has 4 N–H and O–H groups in total. The largest absolute Gasteiger partial charge is 0.497 e. The zero-order chi connectivity index (χ0) is 17.0. The minimum Gasteiger partial charge on any atom is -0.497 e. The van der Waals surface area contributed by atoms with Crippen molar-refractivity contribution in [1.82, 2.24) is 5.32 Å². The smallest absolute Gasteiger partial charge is 0.217 e. The molecule has 0 aromatic heterocycles. The van der Waals surface area contributed by atoms with Crippen molar-refractivity contribution in [3.8, 4) is 11.5 Å². The SMILES string of the molecule is COc1ccc(O[C@H]2S[C@H](CO)[C@@H](O)[C@H](O)[C@H]2NC(C)=O)cc1. The summed E-state index contributed by atoms with van der Waals surface area (Å²) in [4.78, 5) is 11.4. The van der Waals surface area contributed by atoms with E-state index < -0.39 is 28.9 Å². The highest BCUT2D eigenvalue weighted by Crippen LogP contribution is 2.34. The van der Waals surface area contributed by atoms with Gasteiger partial charge in [-0.15, -0.1) is 11.8 Å². The van der Waals surface area contributed by atoms with Gasteiger partial charge in [0, 0.05) is 6.92 Å². The molecule has 0 unspecified atom stereocenters. The van der Waals surface area contributed by atoms with Crippen LogP contribution in [0, 0.1) is 0 Å². The van der Waals surface area contributed by atoms with Gasteiger partial charge in [-0.3, -0.25) is 4.79 Å². The third kappa shape index (κ3) is 4.29. The fraction of sp³-hybridized carbons (Fsp3) is 0.533. The Morgan fingerprint density at radius 2 is 1.83 bits per heavy atom. The summed E-state index contributed by atoms with van der Waals surface area (Å²) in [6.07, 6.45) is -2.39. The van der Waals surface area contributed by atoms with Gasteiger partial charge in [-0.05, 0) is 24.3 Å². The lowest BCUT2D eigenvalue weighted by Crippen LogP contribution is -2.61. The van der Waals surface area contributed by atoms with Crippen LogP contribution in [0.3, 0.4) is 0 Å². The number of carbonyl (C=O) groups is 1. The average molecular weight is 343 g/mol. The first-order valence-corrected chi connectivity index (χ1v) is 8.10. The van der Waals surface area contributed by atoms with Crippen molar-refractivity contribution in [2.24, 2.45) is 0 Å². The molecule has 0 spiro atoms. The van der Waals surface area contributed by atoms with E-state index in [2.05, 4.69) is 5.32 Å². The molecular formula is C15H21NO6S. The molecule has 23 heavy (non-hydrogen) atoms. The zero-order valence-electron chi connectivity index (χ0n) is 12.9. The number of aliphatic hydroxyl groups is 3. The molecule has 0 bridgehead atoms. The molecule has 0 saturated carbocycles. The van der Waals surface area contributed by atoms with Crippen LogP contribution in [-0.2, 0) is 4.79 Å². The van der Waals surface area contributed by atoms with Crippen molar-refractivity contribution in [2.75, 3.05) is 13.7 Å². The Hall–Kier alpha value is -1.48. The Morgan fingerprint density at radius 3 is 2.35 bits per heavy atom. The molecule has 0 radical (unpaired) electrons. The molecule has 7 nitrogen and oxygen atoms in total. The van der Waals surface area contributed by atoms with Crippen LogP contribution in [0.1, 0.15) is 6.92 Å². The van der Waals surface area contributed by atoms with Crippen molar-refractivity contribution in [3.63, 3.8) is 0 Å². The van der Waals surface area contributed by atoms with Crippen molar-refractivity contribution in [3.05, 3.63) is 24.3 Å². The third-order valence-electron chi connectivity index (χ3n) is 3.56. The quantitative estimate of drug-likeness (QED) is 0.583. The van der Waals surface area contributed by atoms with Crippen LogP contribution in [0.5, 0.6) is 11.5 Å². The van der Waals surface area contributed by atoms with E-state index >= 15 is 0 Å². The maximum Gasteiger partial charge on any atom is 0.217 e. The highest BCUT2D eigenvalue weighted by molar-refractivity contribution is 8.00. The molecule has 128 valence electrons. The van der Waals surface area contributed by atoms with Crippen molar-refractivity contribution >= 4 is 17.7 Å². The molecule has 2 rings (SSSR count). The van der Waals surface area contributed by atoms with Crippen LogP contribution in [-0.4, -0.2) is 63.9 Å². The molecule has 5 atom stereocenters. The predicted molar refractivity (Wildman–Crippen MR) is 85.5 cm³/mol. The lowest BCUT2D eigenvalue weighted by Gasteiger charge is -2.41. The second kappa shape index (κ2) is 7.87. The number of benzene rings is 1. The summed E-state index contributed by atoms with van der Waals surface area (Å²) in [7, 11) is 1.56. The molecule has 1 fully saturated rings. The number of hydrogen-bond acceptors (Lipinski definition) is 7. The van der Waals surface area contributed by atoms with Crippen LogP contribution >= 0.6 is 11.8 Å². The molecule has 1 aliphatic heterocycles. The monoisotopic (exact) mass is 343 g/mol. The molecule has 8 heteroatoms. The molecule has 0 aliphatic carbocycles. The maximum atomic E-state index is 11.4. The molecule has 1 amide bonds. The number of thioether (sulfide) groups is 1. The van der Waals surface area contributed by atoms with E-state index in [1.54, 1.807) is 31.4 Å². The Kier molecular flexibility index (Phi) is 6.11. The van der Waals surface area contributed by atoms with Gasteiger partial charge in [0.2, 0.25) is 5.91 Å². The van der Waals surface area contributed by atoms with E-state index in [0.29, 0.717) is 11.5 Å². The Labute approximate surface area is 138 Å². The summed E-state index contributed by atoms with van der Waals surface area (Å²) in [5.74, 6) is 0.863. The highest BCUT2D eigenvalue weighted by Gasteiger charge is 2.45. The lowest BCUT2D eigenvalue weighted by molar-refractivity contribution is -0.122. The predicted octanol–water partition coefficient (Wildman–Crippen LogP) is -0.266. The lowest BCUT2D eigenvalue weighted by atomic mass is 10.0. The topological polar surface area (TPSA) is 108 Å². The van der Waals surface area contributed by atoms with Crippen LogP contribution in [0.4, 0.5) is 0 Å². The Morgan fingerprint density at radius 1 is 1.22 bits per heavy atom. The van der Waals surface area contributed by atoms with Crippen molar-refractivity contribution < 1.29 is 29.6 Å². The number of methoxy groups -OCH3 is 1. The summed E-state index contributed by atoms with van der Waals surface area (Å²) < 4.78 is 10.9. The van der Waals surface area contributed by atoms with E-state index in [4.69, 9.17) is 9.47 Å². The van der Waals surface area contributed by atoms with Gasteiger partial charge in [-0.25, -0.2) is 0 Å². The summed E-state index contributed by atoms with van der Waals surface area (Å²) >= 11 is 1.17. The highest BCUT2D eigenvalue weighted by atomic mass is 32.2. The van der Waals surface area contributed by atoms with Crippen LogP contribution < -0.4 is 14.8 Å². The molecule has 1 heterocycles. The van der Waals surface area contributed by atoms with E-state index in [-0.39, 0.29) is 12.5 Å². The van der Waals surface area contributed by atoms with Gasteiger partial charge in [0.05, 0.1) is 25.1 Å². The van der Waals surface area contributed by atoms with Crippen molar-refractivity contribution in [1.29, 1.82) is 0 Å². The van der Waals surface area contributed by atoms with Gasteiger partial charge in [-0.2, -0.15) is 0 Å². The first-order chi connectivity index (χ1) is 11.0. The number of amides is 1. The Bertz CT molecular complexity index is 525. The van der Waals surface area contributed by atoms with E-state index in [0.717, 1.165) is 0 Å². The first-order valence-electron chi connectivity index (χ1n) is 7.16. The van der Waals surface area contributed by atoms with E-state index in [1.807, 2.05) is 0 Å². The number of nitrogens with one attached hydrogen (secondary N) is 1. The third-order valence-corrected chi connectivity index (χ3v) is 5.00. The number of rotatable bonds is 5. The molecule has 1 aliphatic rings. The van der Waals surface area contributed by atoms with E-state index in [1.165, 1.54) is 18.7 Å². The van der Waals surface area contributed by atoms with Crippen LogP contribution in [0.25, 0.3) is 0 Å². The van der Waals surface area contributed by atoms with Crippen LogP contribution in [0.2, 0.25) is 0 Å². The maximum absolute atomic E-state index is 11.4. The van der Waals surface area contributed by atoms with Gasteiger partial charge in [0.15, 0.2) is 5.44 Å². The standard InChI is InChI=1S/C15H21NO6S/c1-8(18)16-12-14(20)13(19)11(7-17)23-15(12)22-10-5-3-9(21-2)4-6-10/h3-6,11-15,17,19-20H,7H2,1-2H3,(H,16,18)/t11-,12-,13-,14-,15+/m1/s1. The fourth-order valence-electron chi connectivity index (χ4n) is 2.36. The summed E-state index contributed by atoms with van der Waals surface area (Å²) in [5.41, 5.74) is -0.650. The second-order valence-corrected chi connectivity index (χ2v) is 6.57. The minimum absolute atomic E-state index is 0.307. The summed E-state index contributed by atoms with van der Waals surface area (Å²) in [5, 5.41) is 31.6. The van der Waals surface area contributed by atoms with Gasteiger partial charge >= 0.3 is 0 Å². The zero-order valence-corrected chi connectivity index (χ0v) is 13.7. The second-order valence-electron chi connectivity index (χ2n) is 5.23. The van der Waals surface area contributed by atoms with Gasteiger partial charge in [-0.1, -0.05) is 0 Å². The van der Waals surface area contributed by atoms with Crippen molar-refractivity contribution in [2.45, 2.75) is 35.9 Å². The van der Waals surface area contributed by atoms with Gasteiger partial charge in [0.25, 0.3) is 0 Å². The normalized spacial score (nSPS) is 30.6. The molecule has 1 aromatic carbocycles. The summed E-state index contributed by atoms with van der Waals surface area (Å²) in [6, 6.07) is 6.07. The number of hydrogen-bond donors (Lipinski definition) is 4. The fourth-order valence-corrected chi connectivity index (χ4v) is 3.68. The van der Waals surface area contributed by atoms with Gasteiger partial charge in [0.1, 0.15) is 23.6 Å². The molecule has 1 aromatic rings. The number of aliphatic hydroxyl groups excluding tert-OH is 3.